The molecule has 1 aromatic carbocycles. The minimum Gasteiger partial charge on any atom is -0.376 e. The second kappa shape index (κ2) is 7.88. The molecule has 0 atom stereocenters. The van der Waals surface area contributed by atoms with Crippen LogP contribution in [0.5, 0.6) is 0 Å². The number of rotatable bonds is 8. The van der Waals surface area contributed by atoms with E-state index in [9.17, 15) is 0 Å². The Kier molecular flexibility index (Phi) is 6.83. The van der Waals surface area contributed by atoms with Gasteiger partial charge in [0.15, 0.2) is 0 Å². The Balaban J connectivity index is 2.24. The zero-order chi connectivity index (χ0) is 12.6. The van der Waals surface area contributed by atoms with Gasteiger partial charge in [0.1, 0.15) is 0 Å². The summed E-state index contributed by atoms with van der Waals surface area (Å²) in [6.07, 6.45) is 4.49. The first kappa shape index (κ1) is 14.7. The summed E-state index contributed by atoms with van der Waals surface area (Å²) >= 11 is 3.44. The molecule has 0 saturated carbocycles. The van der Waals surface area contributed by atoms with Gasteiger partial charge in [0.2, 0.25) is 0 Å². The van der Waals surface area contributed by atoms with Crippen LogP contribution < -0.4 is 0 Å². The second-order valence-corrected chi connectivity index (χ2v) is 5.78. The van der Waals surface area contributed by atoms with Crippen LogP contribution in [-0.4, -0.2) is 17.5 Å². The molecule has 0 unspecified atom stereocenters. The van der Waals surface area contributed by atoms with E-state index in [0.29, 0.717) is 0 Å². The number of ether oxygens (including phenoxy) is 1. The first-order valence-electron chi connectivity index (χ1n) is 6.38. The lowest BCUT2D eigenvalue weighted by atomic mass is 9.98. The molecule has 96 valence electrons. The van der Waals surface area contributed by atoms with Gasteiger partial charge in [0.05, 0.1) is 5.60 Å². The maximum Gasteiger partial charge on any atom is 0.0629 e. The minimum atomic E-state index is -0.0118. The smallest absolute Gasteiger partial charge is 0.0629 e. The molecule has 1 rings (SSSR count). The fourth-order valence-electron chi connectivity index (χ4n) is 1.71. The van der Waals surface area contributed by atoms with Gasteiger partial charge in [0.25, 0.3) is 0 Å². The second-order valence-electron chi connectivity index (χ2n) is 4.99. The number of halogens is 1. The van der Waals surface area contributed by atoms with Crippen molar-refractivity contribution in [1.82, 2.24) is 0 Å². The Labute approximate surface area is 114 Å². The third kappa shape index (κ3) is 6.85. The van der Waals surface area contributed by atoms with Crippen LogP contribution in [0, 0.1) is 0 Å². The molecule has 0 heterocycles. The average Bonchev–Trinajstić information content (AvgIpc) is 2.34. The molecule has 1 nitrogen and oxygen atoms in total. The Morgan fingerprint density at radius 2 is 1.82 bits per heavy atom. The highest BCUT2D eigenvalue weighted by atomic mass is 79.9. The molecule has 0 saturated heterocycles. The molecule has 0 aliphatic rings. The van der Waals surface area contributed by atoms with Gasteiger partial charge in [-0.25, -0.2) is 0 Å². The average molecular weight is 299 g/mol. The summed E-state index contributed by atoms with van der Waals surface area (Å²) in [6, 6.07) is 10.6. The molecular formula is C15H23BrO. The van der Waals surface area contributed by atoms with E-state index in [4.69, 9.17) is 4.74 Å². The molecule has 0 aliphatic heterocycles. The van der Waals surface area contributed by atoms with Crippen LogP contribution in [0.3, 0.4) is 0 Å². The molecule has 0 spiro atoms. The van der Waals surface area contributed by atoms with Crippen molar-refractivity contribution in [1.29, 1.82) is 0 Å². The van der Waals surface area contributed by atoms with Crippen LogP contribution in [-0.2, 0) is 11.2 Å². The molecule has 2 heteroatoms. The summed E-state index contributed by atoms with van der Waals surface area (Å²) in [7, 11) is 0. The van der Waals surface area contributed by atoms with E-state index < -0.39 is 0 Å². The maximum absolute atomic E-state index is 5.93. The van der Waals surface area contributed by atoms with E-state index in [1.165, 1.54) is 12.0 Å². The van der Waals surface area contributed by atoms with Crippen molar-refractivity contribution in [3.8, 4) is 0 Å². The predicted octanol–water partition coefficient (Wildman–Crippen LogP) is 4.59. The van der Waals surface area contributed by atoms with Crippen LogP contribution >= 0.6 is 15.9 Å². The summed E-state index contributed by atoms with van der Waals surface area (Å²) in [5.74, 6) is 0. The number of hydrogen-bond donors (Lipinski definition) is 0. The molecule has 0 bridgehead atoms. The molecule has 0 fully saturated rings. The number of benzene rings is 1. The van der Waals surface area contributed by atoms with Crippen molar-refractivity contribution in [3.05, 3.63) is 35.9 Å². The van der Waals surface area contributed by atoms with Gasteiger partial charge < -0.3 is 4.74 Å². The topological polar surface area (TPSA) is 9.23 Å². The van der Waals surface area contributed by atoms with Crippen LogP contribution in [0.4, 0.5) is 0 Å². The van der Waals surface area contributed by atoms with Crippen molar-refractivity contribution in [2.75, 3.05) is 11.9 Å². The molecule has 0 N–H and O–H groups in total. The van der Waals surface area contributed by atoms with Gasteiger partial charge in [-0.15, -0.1) is 0 Å². The normalized spacial score (nSPS) is 11.7. The van der Waals surface area contributed by atoms with E-state index in [-0.39, 0.29) is 5.60 Å². The standard InChI is InChI=1S/C15H23BrO/c1-15(2,17-13-7-6-12-16)11-10-14-8-4-3-5-9-14/h3-5,8-9H,6-7,10-13H2,1-2H3. The van der Waals surface area contributed by atoms with Gasteiger partial charge in [-0.1, -0.05) is 46.3 Å². The zero-order valence-corrected chi connectivity index (χ0v) is 12.5. The monoisotopic (exact) mass is 298 g/mol. The SMILES string of the molecule is CC(C)(CCc1ccccc1)OCCCCBr. The molecule has 0 amide bonds. The van der Waals surface area contributed by atoms with Crippen molar-refractivity contribution < 1.29 is 4.74 Å². The van der Waals surface area contributed by atoms with Crippen molar-refractivity contribution >= 4 is 15.9 Å². The van der Waals surface area contributed by atoms with Crippen molar-refractivity contribution in [2.45, 2.75) is 45.1 Å². The third-order valence-corrected chi connectivity index (χ3v) is 3.44. The van der Waals surface area contributed by atoms with Crippen molar-refractivity contribution in [2.24, 2.45) is 0 Å². The highest BCUT2D eigenvalue weighted by molar-refractivity contribution is 9.09. The first-order chi connectivity index (χ1) is 8.14. The summed E-state index contributed by atoms with van der Waals surface area (Å²) in [5, 5.41) is 1.07. The lowest BCUT2D eigenvalue weighted by Crippen LogP contribution is -2.25. The Bertz CT molecular complexity index is 295. The quantitative estimate of drug-likeness (QED) is 0.504. The van der Waals surface area contributed by atoms with Crippen LogP contribution in [0.2, 0.25) is 0 Å². The molecule has 1 aromatic rings. The number of hydrogen-bond acceptors (Lipinski definition) is 1. The number of aryl methyl sites for hydroxylation is 1. The Morgan fingerprint density at radius 1 is 1.12 bits per heavy atom. The summed E-state index contributed by atoms with van der Waals surface area (Å²) < 4.78 is 5.93. The van der Waals surface area contributed by atoms with E-state index >= 15 is 0 Å². The highest BCUT2D eigenvalue weighted by Gasteiger charge is 2.17. The molecule has 0 aliphatic carbocycles. The number of unbranched alkanes of at least 4 members (excludes halogenated alkanes) is 1. The van der Waals surface area contributed by atoms with Crippen LogP contribution in [0.25, 0.3) is 0 Å². The zero-order valence-electron chi connectivity index (χ0n) is 10.9. The Hall–Kier alpha value is -0.340. The molecule has 17 heavy (non-hydrogen) atoms. The lowest BCUT2D eigenvalue weighted by molar-refractivity contribution is -0.0242. The minimum absolute atomic E-state index is 0.0118. The van der Waals surface area contributed by atoms with Gasteiger partial charge in [-0.05, 0) is 45.1 Å². The summed E-state index contributed by atoms with van der Waals surface area (Å²) in [4.78, 5) is 0. The van der Waals surface area contributed by atoms with E-state index in [2.05, 4.69) is 60.1 Å². The molecule has 0 aromatic heterocycles. The van der Waals surface area contributed by atoms with Crippen LogP contribution in [0.1, 0.15) is 38.7 Å². The van der Waals surface area contributed by atoms with Gasteiger partial charge in [0, 0.05) is 11.9 Å². The van der Waals surface area contributed by atoms with E-state index in [0.717, 1.165) is 31.2 Å². The number of alkyl halides is 1. The predicted molar refractivity (Wildman–Crippen MR) is 77.8 cm³/mol. The third-order valence-electron chi connectivity index (χ3n) is 2.88. The summed E-state index contributed by atoms with van der Waals surface area (Å²) in [5.41, 5.74) is 1.38. The lowest BCUT2D eigenvalue weighted by Gasteiger charge is -2.25. The molecular weight excluding hydrogens is 276 g/mol. The fraction of sp³-hybridized carbons (Fsp3) is 0.600. The van der Waals surface area contributed by atoms with Gasteiger partial charge in [-0.2, -0.15) is 0 Å². The molecule has 0 radical (unpaired) electrons. The summed E-state index contributed by atoms with van der Waals surface area (Å²) in [6.45, 7) is 5.24. The van der Waals surface area contributed by atoms with E-state index in [1.54, 1.807) is 0 Å². The largest absolute Gasteiger partial charge is 0.376 e. The van der Waals surface area contributed by atoms with Crippen LogP contribution in [0.15, 0.2) is 30.3 Å². The van der Waals surface area contributed by atoms with E-state index in [1.807, 2.05) is 0 Å². The highest BCUT2D eigenvalue weighted by Crippen LogP contribution is 2.18. The van der Waals surface area contributed by atoms with Gasteiger partial charge in [-0.3, -0.25) is 0 Å². The first-order valence-corrected chi connectivity index (χ1v) is 7.50. The van der Waals surface area contributed by atoms with Crippen molar-refractivity contribution in [3.63, 3.8) is 0 Å². The maximum atomic E-state index is 5.93. The Morgan fingerprint density at radius 3 is 2.47 bits per heavy atom. The van der Waals surface area contributed by atoms with Gasteiger partial charge >= 0.3 is 0 Å². The fourth-order valence-corrected chi connectivity index (χ4v) is 2.10.